The molecule has 0 atom stereocenters. The molecule has 0 aliphatic carbocycles. The maximum atomic E-state index is 11.9. The molecule has 4 nitrogen and oxygen atoms in total. The van der Waals surface area contributed by atoms with Crippen molar-refractivity contribution in [2.24, 2.45) is 0 Å². The second-order valence-electron chi connectivity index (χ2n) is 4.98. The summed E-state index contributed by atoms with van der Waals surface area (Å²) in [6.45, 7) is 6.77. The highest BCUT2D eigenvalue weighted by molar-refractivity contribution is 6.29. The summed E-state index contributed by atoms with van der Waals surface area (Å²) in [4.78, 5) is 15.8. The third-order valence-electron chi connectivity index (χ3n) is 2.90. The molecule has 0 aliphatic rings. The maximum Gasteiger partial charge on any atom is 0.270 e. The van der Waals surface area contributed by atoms with Crippen molar-refractivity contribution in [2.45, 2.75) is 38.8 Å². The van der Waals surface area contributed by atoms with Crippen LogP contribution in [-0.2, 0) is 0 Å². The van der Waals surface area contributed by atoms with Crippen LogP contribution in [0.25, 0.3) is 0 Å². The van der Waals surface area contributed by atoms with E-state index >= 15 is 0 Å². The lowest BCUT2D eigenvalue weighted by Gasteiger charge is -2.37. The molecule has 0 unspecified atom stereocenters. The largest absolute Gasteiger partial charge is 0.388 e. The second kappa shape index (κ2) is 4.63. The van der Waals surface area contributed by atoms with Crippen LogP contribution < -0.4 is 5.32 Å². The molecule has 1 aromatic heterocycles. The lowest BCUT2D eigenvalue weighted by molar-refractivity contribution is -0.00302. The van der Waals surface area contributed by atoms with Gasteiger partial charge in [0.2, 0.25) is 0 Å². The number of carbonyl (C=O) groups excluding carboxylic acids is 1. The predicted octanol–water partition coefficient (Wildman–Crippen LogP) is 2.01. The fourth-order valence-electron chi connectivity index (χ4n) is 1.04. The molecule has 17 heavy (non-hydrogen) atoms. The minimum atomic E-state index is -1.04. The van der Waals surface area contributed by atoms with Crippen molar-refractivity contribution in [3.63, 3.8) is 0 Å². The average Bonchev–Trinajstić information content (AvgIpc) is 2.15. The van der Waals surface area contributed by atoms with Crippen molar-refractivity contribution in [3.05, 3.63) is 29.0 Å². The van der Waals surface area contributed by atoms with E-state index in [1.165, 1.54) is 0 Å². The number of halogens is 1. The molecule has 1 heterocycles. The summed E-state index contributed by atoms with van der Waals surface area (Å²) in [5.41, 5.74) is -1.58. The number of rotatable bonds is 3. The van der Waals surface area contributed by atoms with Crippen LogP contribution in [0.4, 0.5) is 0 Å². The summed E-state index contributed by atoms with van der Waals surface area (Å²) in [6, 6.07) is 4.82. The van der Waals surface area contributed by atoms with Crippen molar-refractivity contribution in [1.82, 2.24) is 10.3 Å². The van der Waals surface area contributed by atoms with Gasteiger partial charge in [-0.2, -0.15) is 0 Å². The summed E-state index contributed by atoms with van der Waals surface area (Å²) >= 11 is 5.71. The first-order chi connectivity index (χ1) is 7.63. The third kappa shape index (κ3) is 3.41. The summed E-state index contributed by atoms with van der Waals surface area (Å²) in [5.74, 6) is -0.361. The van der Waals surface area contributed by atoms with Gasteiger partial charge in [-0.25, -0.2) is 4.98 Å². The summed E-state index contributed by atoms with van der Waals surface area (Å²) in [6.07, 6.45) is 0. The highest BCUT2D eigenvalue weighted by atomic mass is 35.5. The number of carbonyl (C=O) groups is 1. The van der Waals surface area contributed by atoms with Crippen molar-refractivity contribution in [2.75, 3.05) is 0 Å². The Labute approximate surface area is 106 Å². The molecule has 2 N–H and O–H groups in total. The molecule has 1 rings (SSSR count). The first-order valence-corrected chi connectivity index (χ1v) is 5.69. The Hall–Kier alpha value is -1.13. The van der Waals surface area contributed by atoms with Crippen LogP contribution in [0, 0.1) is 0 Å². The highest BCUT2D eigenvalue weighted by Crippen LogP contribution is 2.21. The fraction of sp³-hybridized carbons (Fsp3) is 0.500. The van der Waals surface area contributed by atoms with Gasteiger partial charge in [-0.05, 0) is 39.8 Å². The topological polar surface area (TPSA) is 62.2 Å². The Kier molecular flexibility index (Phi) is 3.79. The molecular weight excluding hydrogens is 240 g/mol. The minimum Gasteiger partial charge on any atom is -0.388 e. The van der Waals surface area contributed by atoms with Crippen LogP contribution >= 0.6 is 11.6 Å². The zero-order valence-corrected chi connectivity index (χ0v) is 11.2. The number of aromatic nitrogens is 1. The second-order valence-corrected chi connectivity index (χ2v) is 5.37. The van der Waals surface area contributed by atoms with E-state index in [1.54, 1.807) is 45.9 Å². The molecule has 0 spiro atoms. The van der Waals surface area contributed by atoms with Gasteiger partial charge in [0.05, 0.1) is 11.1 Å². The zero-order valence-electron chi connectivity index (χ0n) is 10.4. The molecule has 0 fully saturated rings. The van der Waals surface area contributed by atoms with Gasteiger partial charge in [-0.1, -0.05) is 17.7 Å². The Morgan fingerprint density at radius 1 is 1.35 bits per heavy atom. The van der Waals surface area contributed by atoms with Gasteiger partial charge in [0.25, 0.3) is 5.91 Å². The lowest BCUT2D eigenvalue weighted by atomic mass is 9.86. The van der Waals surface area contributed by atoms with E-state index in [1.807, 2.05) is 0 Å². The number of aliphatic hydroxyl groups is 1. The Morgan fingerprint density at radius 3 is 2.41 bits per heavy atom. The molecule has 0 radical (unpaired) electrons. The number of hydrogen-bond acceptors (Lipinski definition) is 3. The number of nitrogens with one attached hydrogen (secondary N) is 1. The van der Waals surface area contributed by atoms with Gasteiger partial charge in [0.15, 0.2) is 0 Å². The van der Waals surface area contributed by atoms with E-state index in [4.69, 9.17) is 11.6 Å². The molecular formula is C12H17ClN2O2. The van der Waals surface area contributed by atoms with E-state index < -0.39 is 11.1 Å². The van der Waals surface area contributed by atoms with Crippen LogP contribution in [0.1, 0.15) is 38.2 Å². The van der Waals surface area contributed by atoms with Crippen LogP contribution in [0.15, 0.2) is 18.2 Å². The van der Waals surface area contributed by atoms with Gasteiger partial charge in [-0.3, -0.25) is 4.79 Å². The van der Waals surface area contributed by atoms with Gasteiger partial charge >= 0.3 is 0 Å². The summed E-state index contributed by atoms with van der Waals surface area (Å²) < 4.78 is 0. The highest BCUT2D eigenvalue weighted by Gasteiger charge is 2.36. The van der Waals surface area contributed by atoms with E-state index in [-0.39, 0.29) is 16.8 Å². The van der Waals surface area contributed by atoms with Gasteiger partial charge in [-0.15, -0.1) is 0 Å². The molecule has 0 saturated carbocycles. The summed E-state index contributed by atoms with van der Waals surface area (Å²) in [5, 5.41) is 12.9. The van der Waals surface area contributed by atoms with Crippen LogP contribution in [-0.4, -0.2) is 27.1 Å². The van der Waals surface area contributed by atoms with Crippen LogP contribution in [0.5, 0.6) is 0 Å². The standard InChI is InChI=1S/C12H17ClN2O2/c1-11(2,12(3,4)17)15-10(16)8-6-5-7-9(13)14-8/h5-7,17H,1-4H3,(H,15,16). The Morgan fingerprint density at radius 2 is 1.94 bits per heavy atom. The quantitative estimate of drug-likeness (QED) is 0.814. The maximum absolute atomic E-state index is 11.9. The third-order valence-corrected chi connectivity index (χ3v) is 3.11. The van der Waals surface area contributed by atoms with Gasteiger partial charge in [0, 0.05) is 0 Å². The van der Waals surface area contributed by atoms with Crippen molar-refractivity contribution >= 4 is 17.5 Å². The molecule has 94 valence electrons. The van der Waals surface area contributed by atoms with Crippen LogP contribution in [0.2, 0.25) is 5.15 Å². The molecule has 1 aromatic rings. The Balaban J connectivity index is 2.87. The zero-order chi connectivity index (χ0) is 13.3. The molecule has 5 heteroatoms. The number of amides is 1. The van der Waals surface area contributed by atoms with Crippen molar-refractivity contribution in [1.29, 1.82) is 0 Å². The molecule has 0 bridgehead atoms. The van der Waals surface area contributed by atoms with E-state index in [9.17, 15) is 9.90 Å². The monoisotopic (exact) mass is 256 g/mol. The number of nitrogens with zero attached hydrogens (tertiary/aromatic N) is 1. The van der Waals surface area contributed by atoms with E-state index in [0.29, 0.717) is 0 Å². The average molecular weight is 257 g/mol. The van der Waals surface area contributed by atoms with Gasteiger partial charge in [0.1, 0.15) is 10.8 Å². The van der Waals surface area contributed by atoms with E-state index in [2.05, 4.69) is 10.3 Å². The number of pyridine rings is 1. The predicted molar refractivity (Wildman–Crippen MR) is 67.1 cm³/mol. The Bertz CT molecular complexity index is 425. The van der Waals surface area contributed by atoms with Gasteiger partial charge < -0.3 is 10.4 Å². The van der Waals surface area contributed by atoms with Crippen LogP contribution in [0.3, 0.4) is 0 Å². The normalized spacial score (nSPS) is 12.4. The summed E-state index contributed by atoms with van der Waals surface area (Å²) in [7, 11) is 0. The molecule has 0 aromatic carbocycles. The lowest BCUT2D eigenvalue weighted by Crippen LogP contribution is -2.57. The molecule has 1 amide bonds. The smallest absolute Gasteiger partial charge is 0.270 e. The molecule has 0 saturated heterocycles. The first kappa shape index (κ1) is 13.9. The van der Waals surface area contributed by atoms with Crippen molar-refractivity contribution < 1.29 is 9.90 Å². The number of hydrogen-bond donors (Lipinski definition) is 2. The minimum absolute atomic E-state index is 0.231. The first-order valence-electron chi connectivity index (χ1n) is 5.31. The SMILES string of the molecule is CC(C)(O)C(C)(C)NC(=O)c1cccc(Cl)n1. The molecule has 0 aliphatic heterocycles. The fourth-order valence-corrected chi connectivity index (χ4v) is 1.20. The van der Waals surface area contributed by atoms with E-state index in [0.717, 1.165) is 0 Å². The van der Waals surface area contributed by atoms with Crippen molar-refractivity contribution in [3.8, 4) is 0 Å².